The monoisotopic (exact) mass is 321 g/mol. The number of pyridine rings is 1. The molecule has 7 heteroatoms. The summed E-state index contributed by atoms with van der Waals surface area (Å²) in [6.07, 6.45) is 1.68. The molecule has 0 aromatic carbocycles. The molecule has 0 saturated heterocycles. The summed E-state index contributed by atoms with van der Waals surface area (Å²) in [6.45, 7) is 1.94. The number of nitrogens with zero attached hydrogens (tertiary/aromatic N) is 2. The number of halogens is 1. The van der Waals surface area contributed by atoms with Crippen LogP contribution in [0.3, 0.4) is 0 Å². The number of fused-ring (bicyclic) bond motifs is 1. The van der Waals surface area contributed by atoms with Crippen LogP contribution in [0.5, 0.6) is 0 Å². The van der Waals surface area contributed by atoms with Crippen LogP contribution in [0, 0.1) is 0 Å². The number of carboxylic acid groups (broad SMARTS) is 1. The number of thiophene rings is 1. The molecule has 0 spiro atoms. The van der Waals surface area contributed by atoms with Crippen molar-refractivity contribution in [2.45, 2.75) is 13.0 Å². The Morgan fingerprint density at radius 2 is 2.24 bits per heavy atom. The molecule has 0 saturated carbocycles. The number of rotatable bonds is 4. The maximum atomic E-state index is 11.5. The van der Waals surface area contributed by atoms with Crippen LogP contribution in [0.15, 0.2) is 36.5 Å². The summed E-state index contributed by atoms with van der Waals surface area (Å²) in [7, 11) is 0. The van der Waals surface area contributed by atoms with E-state index in [-0.39, 0.29) is 11.7 Å². The van der Waals surface area contributed by atoms with Crippen molar-refractivity contribution in [3.05, 3.63) is 51.4 Å². The molecular formula is C14H12ClN3O2S. The Hall–Kier alpha value is -2.05. The molecule has 5 nitrogen and oxygen atoms in total. The smallest absolute Gasteiger partial charge is 0.356 e. The van der Waals surface area contributed by atoms with E-state index in [1.54, 1.807) is 22.7 Å². The number of hydrogen-bond donors (Lipinski definition) is 2. The highest BCUT2D eigenvalue weighted by Crippen LogP contribution is 2.30. The van der Waals surface area contributed by atoms with Crippen LogP contribution in [0.4, 0.5) is 5.82 Å². The van der Waals surface area contributed by atoms with Crippen LogP contribution >= 0.6 is 22.9 Å². The van der Waals surface area contributed by atoms with E-state index in [9.17, 15) is 9.90 Å². The molecule has 3 heterocycles. The number of carboxylic acids is 1. The molecule has 3 aromatic heterocycles. The Morgan fingerprint density at radius 1 is 1.43 bits per heavy atom. The standard InChI is InChI=1S/C14H12ClN3O2S/c1-8(9-5-6-10(15)21-9)16-13-12(14(19)20)18-7-3-2-4-11(18)17-13/h2-8,16H,1H3,(H,19,20). The molecular weight excluding hydrogens is 310 g/mol. The molecule has 0 amide bonds. The molecule has 2 N–H and O–H groups in total. The Morgan fingerprint density at radius 3 is 2.90 bits per heavy atom. The summed E-state index contributed by atoms with van der Waals surface area (Å²) in [5.41, 5.74) is 0.717. The number of aromatic carboxylic acids is 1. The van der Waals surface area contributed by atoms with Crippen molar-refractivity contribution in [2.24, 2.45) is 0 Å². The predicted molar refractivity (Wildman–Crippen MR) is 83.5 cm³/mol. The van der Waals surface area contributed by atoms with Gasteiger partial charge in [0.05, 0.1) is 10.4 Å². The highest BCUT2D eigenvalue weighted by atomic mass is 35.5. The lowest BCUT2D eigenvalue weighted by molar-refractivity contribution is 0.0690. The minimum atomic E-state index is -1.02. The van der Waals surface area contributed by atoms with Crippen molar-refractivity contribution in [2.75, 3.05) is 5.32 Å². The van der Waals surface area contributed by atoms with E-state index in [1.165, 1.54) is 11.3 Å². The summed E-state index contributed by atoms with van der Waals surface area (Å²) >= 11 is 7.39. The lowest BCUT2D eigenvalue weighted by Gasteiger charge is -2.11. The molecule has 1 unspecified atom stereocenters. The molecule has 108 valence electrons. The first-order chi connectivity index (χ1) is 10.1. The zero-order valence-electron chi connectivity index (χ0n) is 11.1. The topological polar surface area (TPSA) is 66.6 Å². The highest BCUT2D eigenvalue weighted by Gasteiger charge is 2.20. The Labute approximate surface area is 129 Å². The van der Waals surface area contributed by atoms with E-state index < -0.39 is 5.97 Å². The number of imidazole rings is 1. The van der Waals surface area contributed by atoms with Crippen molar-refractivity contribution < 1.29 is 9.90 Å². The van der Waals surface area contributed by atoms with Gasteiger partial charge < -0.3 is 10.4 Å². The highest BCUT2D eigenvalue weighted by molar-refractivity contribution is 7.16. The van der Waals surface area contributed by atoms with E-state index >= 15 is 0 Å². The lowest BCUT2D eigenvalue weighted by atomic mass is 10.2. The average Bonchev–Trinajstić information content (AvgIpc) is 3.01. The number of nitrogens with one attached hydrogen (secondary N) is 1. The maximum absolute atomic E-state index is 11.5. The van der Waals surface area contributed by atoms with Gasteiger partial charge in [0, 0.05) is 11.1 Å². The van der Waals surface area contributed by atoms with Gasteiger partial charge in [0.2, 0.25) is 0 Å². The third-order valence-electron chi connectivity index (χ3n) is 3.11. The van der Waals surface area contributed by atoms with E-state index in [0.29, 0.717) is 15.8 Å². The fourth-order valence-corrected chi connectivity index (χ4v) is 3.20. The predicted octanol–water partition coefficient (Wildman–Crippen LogP) is 3.92. The third kappa shape index (κ3) is 2.59. The summed E-state index contributed by atoms with van der Waals surface area (Å²) in [4.78, 5) is 16.9. The second-order valence-electron chi connectivity index (χ2n) is 4.55. The van der Waals surface area contributed by atoms with Gasteiger partial charge in [-0.25, -0.2) is 9.78 Å². The normalized spacial score (nSPS) is 12.5. The summed E-state index contributed by atoms with van der Waals surface area (Å²) in [5.74, 6) is -0.668. The van der Waals surface area contributed by atoms with Gasteiger partial charge in [-0.1, -0.05) is 17.7 Å². The SMILES string of the molecule is CC(Nc1nc2ccccn2c1C(=O)O)c1ccc(Cl)s1. The van der Waals surface area contributed by atoms with Crippen LogP contribution in [0.2, 0.25) is 4.34 Å². The number of hydrogen-bond acceptors (Lipinski definition) is 4. The van der Waals surface area contributed by atoms with Gasteiger partial charge in [-0.3, -0.25) is 4.40 Å². The molecule has 0 aliphatic heterocycles. The van der Waals surface area contributed by atoms with Crippen molar-refractivity contribution >= 4 is 40.4 Å². The quantitative estimate of drug-likeness (QED) is 0.764. The number of carbonyl (C=O) groups is 1. The molecule has 0 bridgehead atoms. The fraction of sp³-hybridized carbons (Fsp3) is 0.143. The van der Waals surface area contributed by atoms with E-state index in [0.717, 1.165) is 4.88 Å². The first kappa shape index (κ1) is 13.9. The summed E-state index contributed by atoms with van der Waals surface area (Å²) in [5, 5.41) is 12.6. The molecule has 1 atom stereocenters. The maximum Gasteiger partial charge on any atom is 0.356 e. The van der Waals surface area contributed by atoms with Gasteiger partial charge in [0.25, 0.3) is 0 Å². The second-order valence-corrected chi connectivity index (χ2v) is 6.30. The van der Waals surface area contributed by atoms with Gasteiger partial charge in [-0.2, -0.15) is 0 Å². The third-order valence-corrected chi connectivity index (χ3v) is 4.52. The number of anilines is 1. The zero-order chi connectivity index (χ0) is 15.0. The van der Waals surface area contributed by atoms with E-state index in [2.05, 4.69) is 10.3 Å². The van der Waals surface area contributed by atoms with Gasteiger partial charge in [0.1, 0.15) is 5.65 Å². The largest absolute Gasteiger partial charge is 0.476 e. The second kappa shape index (κ2) is 5.38. The molecule has 3 aromatic rings. The number of aromatic nitrogens is 2. The minimum Gasteiger partial charge on any atom is -0.476 e. The fourth-order valence-electron chi connectivity index (χ4n) is 2.14. The first-order valence-electron chi connectivity index (χ1n) is 6.28. The molecule has 0 fully saturated rings. The van der Waals surface area contributed by atoms with Gasteiger partial charge >= 0.3 is 5.97 Å². The van der Waals surface area contributed by atoms with Gasteiger partial charge in [0.15, 0.2) is 11.5 Å². The van der Waals surface area contributed by atoms with Crippen LogP contribution in [-0.2, 0) is 0 Å². The molecule has 0 aliphatic rings. The van der Waals surface area contributed by atoms with Crippen LogP contribution in [0.25, 0.3) is 5.65 Å². The first-order valence-corrected chi connectivity index (χ1v) is 7.48. The lowest BCUT2D eigenvalue weighted by Crippen LogP contribution is -2.10. The van der Waals surface area contributed by atoms with Gasteiger partial charge in [-0.15, -0.1) is 11.3 Å². The van der Waals surface area contributed by atoms with Crippen LogP contribution in [0.1, 0.15) is 28.3 Å². The Balaban J connectivity index is 2.00. The van der Waals surface area contributed by atoms with Crippen molar-refractivity contribution in [3.63, 3.8) is 0 Å². The van der Waals surface area contributed by atoms with E-state index in [1.807, 2.05) is 25.1 Å². The Kier molecular flexibility index (Phi) is 3.57. The summed E-state index contributed by atoms with van der Waals surface area (Å²) in [6, 6.07) is 9.02. The van der Waals surface area contributed by atoms with E-state index in [4.69, 9.17) is 11.6 Å². The zero-order valence-corrected chi connectivity index (χ0v) is 12.6. The Bertz CT molecular complexity index is 812. The minimum absolute atomic E-state index is 0.0782. The van der Waals surface area contributed by atoms with Crippen molar-refractivity contribution in [1.82, 2.24) is 9.38 Å². The summed E-state index contributed by atoms with van der Waals surface area (Å²) < 4.78 is 2.26. The van der Waals surface area contributed by atoms with Crippen LogP contribution < -0.4 is 5.32 Å². The molecule has 0 aliphatic carbocycles. The molecule has 21 heavy (non-hydrogen) atoms. The van der Waals surface area contributed by atoms with Gasteiger partial charge in [-0.05, 0) is 31.2 Å². The van der Waals surface area contributed by atoms with Crippen molar-refractivity contribution in [1.29, 1.82) is 0 Å². The van der Waals surface area contributed by atoms with Crippen LogP contribution in [-0.4, -0.2) is 20.5 Å². The molecule has 3 rings (SSSR count). The average molecular weight is 322 g/mol. The van der Waals surface area contributed by atoms with Crippen molar-refractivity contribution in [3.8, 4) is 0 Å². The molecule has 0 radical (unpaired) electrons.